The van der Waals surface area contributed by atoms with E-state index in [-0.39, 0.29) is 0 Å². The van der Waals surface area contributed by atoms with Gasteiger partial charge in [0.25, 0.3) is 0 Å². The first-order valence-corrected chi connectivity index (χ1v) is 7.43. The summed E-state index contributed by atoms with van der Waals surface area (Å²) in [7, 11) is 0. The first-order valence-electron chi connectivity index (χ1n) is 6.49. The summed E-state index contributed by atoms with van der Waals surface area (Å²) in [6, 6.07) is 8.95. The number of benzene rings is 1. The minimum absolute atomic E-state index is 0.948. The van der Waals surface area contributed by atoms with Crippen molar-refractivity contribution in [2.45, 2.75) is 25.9 Å². The van der Waals surface area contributed by atoms with Crippen molar-refractivity contribution in [3.63, 3.8) is 0 Å². The van der Waals surface area contributed by atoms with E-state index in [2.05, 4.69) is 45.7 Å². The van der Waals surface area contributed by atoms with Crippen LogP contribution in [0.4, 0.5) is 5.69 Å². The van der Waals surface area contributed by atoms with E-state index in [0.717, 1.165) is 19.6 Å². The topological polar surface area (TPSA) is 24.1 Å². The van der Waals surface area contributed by atoms with E-state index in [9.17, 15) is 0 Å². The third-order valence-corrected chi connectivity index (χ3v) is 4.08. The zero-order valence-corrected chi connectivity index (χ0v) is 11.2. The van der Waals surface area contributed by atoms with E-state index in [0.29, 0.717) is 0 Å². The Morgan fingerprint density at radius 1 is 1.17 bits per heavy atom. The minimum Gasteiger partial charge on any atom is -0.385 e. The van der Waals surface area contributed by atoms with Crippen molar-refractivity contribution < 1.29 is 0 Å². The van der Waals surface area contributed by atoms with Crippen LogP contribution in [0.2, 0.25) is 0 Å². The molecule has 1 aromatic heterocycles. The molecule has 3 rings (SSSR count). The molecule has 3 heteroatoms. The van der Waals surface area contributed by atoms with E-state index in [1.807, 2.05) is 0 Å². The van der Waals surface area contributed by atoms with Crippen molar-refractivity contribution in [3.05, 3.63) is 51.7 Å². The van der Waals surface area contributed by atoms with E-state index in [1.165, 1.54) is 35.2 Å². The Labute approximate surface area is 112 Å². The third-order valence-electron chi connectivity index (χ3n) is 3.35. The van der Waals surface area contributed by atoms with Crippen molar-refractivity contribution in [1.29, 1.82) is 0 Å². The van der Waals surface area contributed by atoms with Crippen LogP contribution >= 0.6 is 11.3 Å². The number of anilines is 1. The maximum Gasteiger partial charge on any atom is 0.0372 e. The molecule has 2 nitrogen and oxygen atoms in total. The highest BCUT2D eigenvalue weighted by Gasteiger charge is 2.08. The normalized spacial score (nSPS) is 14.0. The average Bonchev–Trinajstić information content (AvgIpc) is 2.92. The maximum absolute atomic E-state index is 3.50. The second kappa shape index (κ2) is 5.55. The van der Waals surface area contributed by atoms with E-state index in [4.69, 9.17) is 0 Å². The molecule has 1 aliphatic rings. The van der Waals surface area contributed by atoms with Gasteiger partial charge in [-0.1, -0.05) is 12.1 Å². The molecule has 2 aromatic rings. The summed E-state index contributed by atoms with van der Waals surface area (Å²) in [5.41, 5.74) is 5.55. The molecular weight excluding hydrogens is 240 g/mol. The molecular formula is C15H18N2S. The zero-order valence-electron chi connectivity index (χ0n) is 10.4. The highest BCUT2D eigenvalue weighted by Crippen LogP contribution is 2.22. The number of hydrogen-bond acceptors (Lipinski definition) is 3. The summed E-state index contributed by atoms with van der Waals surface area (Å²) in [5, 5.41) is 11.3. The van der Waals surface area contributed by atoms with Crippen LogP contribution in [0.3, 0.4) is 0 Å². The van der Waals surface area contributed by atoms with Gasteiger partial charge in [-0.2, -0.15) is 11.3 Å². The second-order valence-corrected chi connectivity index (χ2v) is 5.54. The van der Waals surface area contributed by atoms with Crippen LogP contribution in [0.1, 0.15) is 23.1 Å². The lowest BCUT2D eigenvalue weighted by Crippen LogP contribution is -2.14. The predicted octanol–water partition coefficient (Wildman–Crippen LogP) is 3.40. The zero-order chi connectivity index (χ0) is 12.2. The molecule has 1 aromatic carbocycles. The van der Waals surface area contributed by atoms with Crippen LogP contribution < -0.4 is 10.6 Å². The maximum atomic E-state index is 3.50. The van der Waals surface area contributed by atoms with Gasteiger partial charge in [-0.05, 0) is 52.4 Å². The summed E-state index contributed by atoms with van der Waals surface area (Å²) in [6.07, 6.45) is 2.46. The summed E-state index contributed by atoms with van der Waals surface area (Å²) >= 11 is 1.76. The van der Waals surface area contributed by atoms with Crippen LogP contribution in [0, 0.1) is 0 Å². The molecule has 18 heavy (non-hydrogen) atoms. The Morgan fingerprint density at radius 2 is 2.11 bits per heavy atom. The average molecular weight is 258 g/mol. The molecule has 0 fully saturated rings. The Morgan fingerprint density at radius 3 is 3.00 bits per heavy atom. The Hall–Kier alpha value is -1.32. The Bertz CT molecular complexity index is 505. The van der Waals surface area contributed by atoms with Crippen molar-refractivity contribution in [1.82, 2.24) is 5.32 Å². The quantitative estimate of drug-likeness (QED) is 0.878. The van der Waals surface area contributed by atoms with Gasteiger partial charge in [0.05, 0.1) is 0 Å². The molecule has 0 amide bonds. The van der Waals surface area contributed by atoms with Gasteiger partial charge < -0.3 is 10.6 Å². The van der Waals surface area contributed by atoms with E-state index >= 15 is 0 Å². The fraction of sp³-hybridized carbons (Fsp3) is 0.333. The van der Waals surface area contributed by atoms with Crippen molar-refractivity contribution in [3.8, 4) is 0 Å². The van der Waals surface area contributed by atoms with Crippen molar-refractivity contribution in [2.24, 2.45) is 0 Å². The van der Waals surface area contributed by atoms with Crippen LogP contribution in [0.15, 0.2) is 35.0 Å². The lowest BCUT2D eigenvalue weighted by molar-refractivity contribution is 0.693. The molecule has 0 spiro atoms. The summed E-state index contributed by atoms with van der Waals surface area (Å²) in [5.74, 6) is 0. The smallest absolute Gasteiger partial charge is 0.0372 e. The monoisotopic (exact) mass is 258 g/mol. The molecule has 0 unspecified atom stereocenters. The molecule has 1 aliphatic heterocycles. The number of hydrogen-bond donors (Lipinski definition) is 2. The first-order chi connectivity index (χ1) is 8.92. The SMILES string of the molecule is c1cc(CNCc2ccc3c(c2)CCCN3)cs1. The van der Waals surface area contributed by atoms with Gasteiger partial charge >= 0.3 is 0 Å². The Balaban J connectivity index is 1.59. The highest BCUT2D eigenvalue weighted by molar-refractivity contribution is 7.07. The summed E-state index contributed by atoms with van der Waals surface area (Å²) in [6.45, 7) is 3.02. The number of aryl methyl sites for hydroxylation is 1. The molecule has 0 saturated carbocycles. The molecule has 2 N–H and O–H groups in total. The van der Waals surface area contributed by atoms with Crippen LogP contribution in [0.25, 0.3) is 0 Å². The van der Waals surface area contributed by atoms with Gasteiger partial charge in [-0.3, -0.25) is 0 Å². The fourth-order valence-electron chi connectivity index (χ4n) is 2.38. The molecule has 0 radical (unpaired) electrons. The third kappa shape index (κ3) is 2.74. The first kappa shape index (κ1) is 11.8. The van der Waals surface area contributed by atoms with Crippen LogP contribution in [-0.4, -0.2) is 6.54 Å². The van der Waals surface area contributed by atoms with Gasteiger partial charge in [-0.25, -0.2) is 0 Å². The molecule has 0 atom stereocenters. The molecule has 0 saturated heterocycles. The lowest BCUT2D eigenvalue weighted by Gasteiger charge is -2.18. The lowest BCUT2D eigenvalue weighted by atomic mass is 10.0. The molecule has 0 bridgehead atoms. The van der Waals surface area contributed by atoms with Gasteiger partial charge in [-0.15, -0.1) is 0 Å². The summed E-state index contributed by atoms with van der Waals surface area (Å²) < 4.78 is 0. The van der Waals surface area contributed by atoms with Gasteiger partial charge in [0.1, 0.15) is 0 Å². The number of fused-ring (bicyclic) bond motifs is 1. The Kier molecular flexibility index (Phi) is 3.62. The van der Waals surface area contributed by atoms with E-state index in [1.54, 1.807) is 11.3 Å². The van der Waals surface area contributed by atoms with E-state index < -0.39 is 0 Å². The van der Waals surface area contributed by atoms with Crippen molar-refractivity contribution in [2.75, 3.05) is 11.9 Å². The number of thiophene rings is 1. The second-order valence-electron chi connectivity index (χ2n) is 4.76. The van der Waals surface area contributed by atoms with Crippen molar-refractivity contribution >= 4 is 17.0 Å². The van der Waals surface area contributed by atoms with Gasteiger partial charge in [0.2, 0.25) is 0 Å². The minimum atomic E-state index is 0.948. The number of rotatable bonds is 4. The van der Waals surface area contributed by atoms with Crippen LogP contribution in [-0.2, 0) is 19.5 Å². The molecule has 94 valence electrons. The van der Waals surface area contributed by atoms with Crippen LogP contribution in [0.5, 0.6) is 0 Å². The van der Waals surface area contributed by atoms with Gasteiger partial charge in [0, 0.05) is 25.3 Å². The van der Waals surface area contributed by atoms with Gasteiger partial charge in [0.15, 0.2) is 0 Å². The largest absolute Gasteiger partial charge is 0.385 e. The molecule has 2 heterocycles. The highest BCUT2D eigenvalue weighted by atomic mass is 32.1. The molecule has 0 aliphatic carbocycles. The summed E-state index contributed by atoms with van der Waals surface area (Å²) in [4.78, 5) is 0. The number of nitrogens with one attached hydrogen (secondary N) is 2. The fourth-order valence-corrected chi connectivity index (χ4v) is 3.05. The predicted molar refractivity (Wildman–Crippen MR) is 78.1 cm³/mol. The standard InChI is InChI=1S/C15H18N2S/c1-2-14-8-12(3-4-15(14)17-6-1)9-16-10-13-5-7-18-11-13/h3-5,7-8,11,16-17H,1-2,6,9-10H2.